The van der Waals surface area contributed by atoms with E-state index in [-0.39, 0.29) is 17.5 Å². The molecule has 1 aliphatic heterocycles. The van der Waals surface area contributed by atoms with Gasteiger partial charge in [-0.1, -0.05) is 11.8 Å². The zero-order valence-electron chi connectivity index (χ0n) is 15.7. The van der Waals surface area contributed by atoms with Crippen LogP contribution in [0.25, 0.3) is 10.2 Å². The molecule has 2 aromatic heterocycles. The maximum absolute atomic E-state index is 13.1. The zero-order valence-corrected chi connectivity index (χ0v) is 17.3. The molecule has 2 aromatic rings. The normalized spacial score (nSPS) is 15.4. The minimum Gasteiger partial charge on any atom is -0.383 e. The second kappa shape index (κ2) is 7.99. The van der Waals surface area contributed by atoms with E-state index in [2.05, 4.69) is 10.3 Å². The Balaban J connectivity index is 1.97. The summed E-state index contributed by atoms with van der Waals surface area (Å²) >= 11 is 2.67. The summed E-state index contributed by atoms with van der Waals surface area (Å²) in [5.41, 5.74) is 0.813. The number of aromatic nitrogens is 2. The first-order valence-electron chi connectivity index (χ1n) is 8.60. The SMILES string of the molecule is COCCn1c(S[C@H](C)C(=O)N2CCNC2=O)nc2sc(C)c(C)c2c1=O. The number of nitrogens with one attached hydrogen (secondary N) is 1. The van der Waals surface area contributed by atoms with E-state index in [1.165, 1.54) is 28.0 Å². The summed E-state index contributed by atoms with van der Waals surface area (Å²) in [6.45, 7) is 7.13. The number of ether oxygens (including phenoxy) is 1. The Morgan fingerprint density at radius 1 is 1.41 bits per heavy atom. The number of thioether (sulfide) groups is 1. The van der Waals surface area contributed by atoms with Crippen molar-refractivity contribution in [3.05, 3.63) is 20.8 Å². The van der Waals surface area contributed by atoms with Crippen LogP contribution in [0.15, 0.2) is 9.95 Å². The highest BCUT2D eigenvalue weighted by Crippen LogP contribution is 2.30. The van der Waals surface area contributed by atoms with Crippen molar-refractivity contribution < 1.29 is 14.3 Å². The second-order valence-corrected chi connectivity index (χ2v) is 8.80. The number of thiophene rings is 1. The fraction of sp³-hybridized carbons (Fsp3) is 0.529. The smallest absolute Gasteiger partial charge is 0.324 e. The van der Waals surface area contributed by atoms with E-state index in [1.807, 2.05) is 13.8 Å². The van der Waals surface area contributed by atoms with Crippen LogP contribution in [0.1, 0.15) is 17.4 Å². The van der Waals surface area contributed by atoms with Crippen LogP contribution in [-0.2, 0) is 16.1 Å². The fourth-order valence-corrected chi connectivity index (χ4v) is 4.96. The Morgan fingerprint density at radius 2 is 2.15 bits per heavy atom. The van der Waals surface area contributed by atoms with Crippen LogP contribution in [0.2, 0.25) is 0 Å². The van der Waals surface area contributed by atoms with Crippen LogP contribution in [0.5, 0.6) is 0 Å². The lowest BCUT2D eigenvalue weighted by Crippen LogP contribution is -2.39. The highest BCUT2D eigenvalue weighted by atomic mass is 32.2. The predicted molar refractivity (Wildman–Crippen MR) is 106 cm³/mol. The Bertz CT molecular complexity index is 953. The van der Waals surface area contributed by atoms with Crippen molar-refractivity contribution in [1.82, 2.24) is 19.8 Å². The summed E-state index contributed by atoms with van der Waals surface area (Å²) in [7, 11) is 1.57. The number of hydrogen-bond acceptors (Lipinski definition) is 7. The lowest BCUT2D eigenvalue weighted by atomic mass is 10.2. The molecule has 8 nitrogen and oxygen atoms in total. The van der Waals surface area contributed by atoms with Gasteiger partial charge in [-0.25, -0.2) is 9.78 Å². The molecule has 0 bridgehead atoms. The molecule has 3 amide bonds. The number of nitrogens with zero attached hydrogens (tertiary/aromatic N) is 3. The van der Waals surface area contributed by atoms with E-state index in [1.54, 1.807) is 18.6 Å². The van der Waals surface area contributed by atoms with Crippen LogP contribution < -0.4 is 10.9 Å². The first-order valence-corrected chi connectivity index (χ1v) is 10.3. The summed E-state index contributed by atoms with van der Waals surface area (Å²) in [5, 5.41) is 3.16. The third kappa shape index (κ3) is 3.74. The van der Waals surface area contributed by atoms with E-state index in [0.717, 1.165) is 10.4 Å². The monoisotopic (exact) mass is 410 g/mol. The van der Waals surface area contributed by atoms with E-state index in [0.29, 0.717) is 41.6 Å². The number of rotatable bonds is 6. The Labute approximate surface area is 164 Å². The minimum atomic E-state index is -0.547. The Hall–Kier alpha value is -1.91. The summed E-state index contributed by atoms with van der Waals surface area (Å²) in [5.74, 6) is -0.291. The fourth-order valence-electron chi connectivity index (χ4n) is 2.89. The van der Waals surface area contributed by atoms with Gasteiger partial charge in [-0.05, 0) is 26.3 Å². The lowest BCUT2D eigenvalue weighted by Gasteiger charge is -2.19. The van der Waals surface area contributed by atoms with Gasteiger partial charge in [0.15, 0.2) is 5.16 Å². The molecule has 1 atom stereocenters. The first-order chi connectivity index (χ1) is 12.8. The van der Waals surface area contributed by atoms with Crippen molar-refractivity contribution in [3.8, 4) is 0 Å². The summed E-state index contributed by atoms with van der Waals surface area (Å²) in [6.07, 6.45) is 0. The molecule has 0 unspecified atom stereocenters. The number of aryl methyl sites for hydroxylation is 2. The van der Waals surface area contributed by atoms with E-state index in [9.17, 15) is 14.4 Å². The zero-order chi connectivity index (χ0) is 19.7. The third-order valence-electron chi connectivity index (χ3n) is 4.53. The van der Waals surface area contributed by atoms with Crippen molar-refractivity contribution in [1.29, 1.82) is 0 Å². The van der Waals surface area contributed by atoms with Crippen LogP contribution in [0, 0.1) is 13.8 Å². The molecule has 0 aliphatic carbocycles. The van der Waals surface area contributed by atoms with Gasteiger partial charge in [0.1, 0.15) is 4.83 Å². The van der Waals surface area contributed by atoms with Gasteiger partial charge in [0, 0.05) is 25.1 Å². The van der Waals surface area contributed by atoms with Gasteiger partial charge >= 0.3 is 6.03 Å². The highest BCUT2D eigenvalue weighted by molar-refractivity contribution is 8.00. The van der Waals surface area contributed by atoms with Gasteiger partial charge < -0.3 is 10.1 Å². The number of methoxy groups -OCH3 is 1. The molecular weight excluding hydrogens is 388 g/mol. The maximum Gasteiger partial charge on any atom is 0.324 e. The highest BCUT2D eigenvalue weighted by Gasteiger charge is 2.31. The molecule has 3 heterocycles. The number of carbonyl (C=O) groups excluding carboxylic acids is 2. The van der Waals surface area contributed by atoms with Crippen LogP contribution in [0.4, 0.5) is 4.79 Å². The molecule has 1 aliphatic rings. The van der Waals surface area contributed by atoms with Crippen LogP contribution in [-0.4, -0.2) is 58.4 Å². The topological polar surface area (TPSA) is 93.5 Å². The molecule has 1 saturated heterocycles. The molecule has 1 fully saturated rings. The lowest BCUT2D eigenvalue weighted by molar-refractivity contribution is -0.126. The number of amides is 3. The molecule has 0 saturated carbocycles. The van der Waals surface area contributed by atoms with Gasteiger partial charge in [-0.3, -0.25) is 19.1 Å². The quantitative estimate of drug-likeness (QED) is 0.576. The van der Waals surface area contributed by atoms with Gasteiger partial charge in [0.25, 0.3) is 5.56 Å². The van der Waals surface area contributed by atoms with Gasteiger partial charge in [0.05, 0.1) is 23.8 Å². The number of imide groups is 1. The molecule has 0 spiro atoms. The summed E-state index contributed by atoms with van der Waals surface area (Å²) < 4.78 is 6.69. The molecule has 3 rings (SSSR count). The molecule has 27 heavy (non-hydrogen) atoms. The standard InChI is InChI=1S/C17H22N4O4S2/c1-9-10(2)26-13-12(9)15(23)21(7-8-25-4)17(19-13)27-11(3)14(22)20-6-5-18-16(20)24/h11H,5-8H2,1-4H3,(H,18,24)/t11-/m1/s1. The molecule has 146 valence electrons. The Morgan fingerprint density at radius 3 is 2.78 bits per heavy atom. The Kier molecular flexibility index (Phi) is 5.87. The molecule has 0 radical (unpaired) electrons. The number of fused-ring (bicyclic) bond motifs is 1. The van der Waals surface area contributed by atoms with Crippen molar-refractivity contribution in [2.45, 2.75) is 37.7 Å². The van der Waals surface area contributed by atoms with E-state index < -0.39 is 5.25 Å². The van der Waals surface area contributed by atoms with Gasteiger partial charge in [-0.2, -0.15) is 0 Å². The molecule has 10 heteroatoms. The van der Waals surface area contributed by atoms with Crippen LogP contribution >= 0.6 is 23.1 Å². The van der Waals surface area contributed by atoms with Crippen molar-refractivity contribution in [3.63, 3.8) is 0 Å². The van der Waals surface area contributed by atoms with Crippen molar-refractivity contribution >= 4 is 45.3 Å². The third-order valence-corrected chi connectivity index (χ3v) is 6.70. The molecule has 1 N–H and O–H groups in total. The second-order valence-electron chi connectivity index (χ2n) is 6.29. The average Bonchev–Trinajstić information content (AvgIpc) is 3.17. The minimum absolute atomic E-state index is 0.125. The number of carbonyl (C=O) groups is 2. The largest absolute Gasteiger partial charge is 0.383 e. The van der Waals surface area contributed by atoms with Crippen LogP contribution in [0.3, 0.4) is 0 Å². The van der Waals surface area contributed by atoms with Crippen molar-refractivity contribution in [2.75, 3.05) is 26.8 Å². The van der Waals surface area contributed by atoms with E-state index in [4.69, 9.17) is 4.74 Å². The van der Waals surface area contributed by atoms with E-state index >= 15 is 0 Å². The summed E-state index contributed by atoms with van der Waals surface area (Å²) in [4.78, 5) is 45.0. The average molecular weight is 411 g/mol. The van der Waals surface area contributed by atoms with Gasteiger partial charge in [-0.15, -0.1) is 11.3 Å². The molecular formula is C17H22N4O4S2. The van der Waals surface area contributed by atoms with Crippen molar-refractivity contribution in [2.24, 2.45) is 0 Å². The number of urea groups is 1. The van der Waals surface area contributed by atoms with Gasteiger partial charge in [0.2, 0.25) is 5.91 Å². The maximum atomic E-state index is 13.1. The molecule has 0 aromatic carbocycles. The summed E-state index contributed by atoms with van der Waals surface area (Å²) in [6, 6.07) is -0.378. The predicted octanol–water partition coefficient (Wildman–Crippen LogP) is 1.75. The number of hydrogen-bond donors (Lipinski definition) is 1. The first kappa shape index (κ1) is 19.8.